The fourth-order valence-electron chi connectivity index (χ4n) is 1.99. The summed E-state index contributed by atoms with van der Waals surface area (Å²) < 4.78 is 33.8. The minimum absolute atomic E-state index is 0.0233. The van der Waals surface area contributed by atoms with Crippen LogP contribution >= 0.6 is 0 Å². The number of rotatable bonds is 6. The van der Waals surface area contributed by atoms with Gasteiger partial charge in [0.2, 0.25) is 0 Å². The van der Waals surface area contributed by atoms with E-state index in [0.717, 1.165) is 0 Å². The Kier molecular flexibility index (Phi) is 5.83. The predicted molar refractivity (Wildman–Crippen MR) is 83.7 cm³/mol. The van der Waals surface area contributed by atoms with Crippen LogP contribution in [0.4, 0.5) is 19.3 Å². The number of amides is 1. The van der Waals surface area contributed by atoms with Crippen molar-refractivity contribution in [3.63, 3.8) is 0 Å². The topological polar surface area (TPSA) is 90.7 Å². The van der Waals surface area contributed by atoms with Gasteiger partial charge in [0.05, 0.1) is 11.0 Å². The number of hydrogen-bond acceptors (Lipinski definition) is 5. The van der Waals surface area contributed by atoms with Crippen LogP contribution in [0, 0.1) is 10.1 Å². The van der Waals surface area contributed by atoms with Crippen molar-refractivity contribution >= 4 is 11.8 Å². The Labute approximate surface area is 141 Å². The van der Waals surface area contributed by atoms with E-state index in [-0.39, 0.29) is 17.2 Å². The van der Waals surface area contributed by atoms with E-state index >= 15 is 0 Å². The summed E-state index contributed by atoms with van der Waals surface area (Å²) in [5.74, 6) is 0.106. The fourth-order valence-corrected chi connectivity index (χ4v) is 1.99. The second-order valence-electron chi connectivity index (χ2n) is 4.96. The molecule has 2 rings (SSSR count). The van der Waals surface area contributed by atoms with Gasteiger partial charge in [0.25, 0.3) is 5.69 Å². The first-order valence-corrected chi connectivity index (χ1v) is 7.12. The summed E-state index contributed by atoms with van der Waals surface area (Å²) in [4.78, 5) is 21.8. The van der Waals surface area contributed by atoms with E-state index in [1.54, 1.807) is 13.0 Å². The lowest BCUT2D eigenvalue weighted by molar-refractivity contribution is -0.384. The number of carbonyl (C=O) groups is 1. The van der Waals surface area contributed by atoms with Crippen LogP contribution in [0.1, 0.15) is 18.5 Å². The molecule has 0 unspecified atom stereocenters. The van der Waals surface area contributed by atoms with Crippen molar-refractivity contribution in [1.82, 2.24) is 5.32 Å². The quantitative estimate of drug-likeness (QED) is 0.626. The maximum absolute atomic E-state index is 12.2. The average Bonchev–Trinajstić information content (AvgIpc) is 2.54. The highest BCUT2D eigenvalue weighted by molar-refractivity contribution is 5.71. The Morgan fingerprint density at radius 3 is 2.44 bits per heavy atom. The lowest BCUT2D eigenvalue weighted by atomic mass is 10.1. The van der Waals surface area contributed by atoms with E-state index in [0.29, 0.717) is 5.56 Å². The fraction of sp³-hybridized carbons (Fsp3) is 0.188. The van der Waals surface area contributed by atoms with Gasteiger partial charge in [-0.15, -0.1) is 0 Å². The summed E-state index contributed by atoms with van der Waals surface area (Å²) in [6.45, 7) is -1.30. The maximum atomic E-state index is 12.2. The Morgan fingerprint density at radius 1 is 1.16 bits per heavy atom. The van der Waals surface area contributed by atoms with Crippen LogP contribution in [0.25, 0.3) is 0 Å². The zero-order chi connectivity index (χ0) is 18.4. The summed E-state index contributed by atoms with van der Waals surface area (Å²) in [5.41, 5.74) is 0.413. The highest BCUT2D eigenvalue weighted by Gasteiger charge is 2.14. The van der Waals surface area contributed by atoms with E-state index in [2.05, 4.69) is 10.1 Å². The zero-order valence-electron chi connectivity index (χ0n) is 13.0. The number of halogens is 2. The number of nitrogens with one attached hydrogen (secondary N) is 1. The minimum atomic E-state index is -2.94. The smallest absolute Gasteiger partial charge is 0.413 e. The molecule has 0 radical (unpaired) electrons. The molecule has 1 amide bonds. The average molecular weight is 352 g/mol. The van der Waals surface area contributed by atoms with Crippen LogP contribution in [0.3, 0.4) is 0 Å². The third-order valence-electron chi connectivity index (χ3n) is 3.18. The van der Waals surface area contributed by atoms with Gasteiger partial charge in [0.1, 0.15) is 11.5 Å². The van der Waals surface area contributed by atoms with Crippen molar-refractivity contribution in [3.8, 4) is 11.5 Å². The number of carbonyl (C=O) groups excluding carboxylic acids is 1. The molecular formula is C16H14F2N2O5. The van der Waals surface area contributed by atoms with Gasteiger partial charge >= 0.3 is 12.7 Å². The van der Waals surface area contributed by atoms with Crippen molar-refractivity contribution in [2.24, 2.45) is 0 Å². The molecule has 0 heterocycles. The summed E-state index contributed by atoms with van der Waals surface area (Å²) in [6, 6.07) is 10.4. The molecule has 0 aliphatic heterocycles. The Morgan fingerprint density at radius 2 is 1.84 bits per heavy atom. The second-order valence-corrected chi connectivity index (χ2v) is 4.96. The molecule has 0 bridgehead atoms. The van der Waals surface area contributed by atoms with E-state index in [4.69, 9.17) is 4.74 Å². The zero-order valence-corrected chi connectivity index (χ0v) is 13.0. The van der Waals surface area contributed by atoms with Crippen molar-refractivity contribution in [3.05, 3.63) is 64.2 Å². The van der Waals surface area contributed by atoms with Crippen LogP contribution in [0.5, 0.6) is 11.5 Å². The first kappa shape index (κ1) is 18.1. The molecule has 0 aliphatic rings. The van der Waals surface area contributed by atoms with Gasteiger partial charge in [-0.25, -0.2) is 4.79 Å². The van der Waals surface area contributed by atoms with Crippen LogP contribution in [-0.2, 0) is 0 Å². The number of benzene rings is 2. The summed E-state index contributed by atoms with van der Waals surface area (Å²) in [5, 5.41) is 13.1. The Hall–Kier alpha value is -3.23. The number of nitro groups is 1. The van der Waals surface area contributed by atoms with Crippen molar-refractivity contribution in [2.75, 3.05) is 0 Å². The maximum Gasteiger partial charge on any atom is 0.413 e. The number of nitro benzene ring substituents is 1. The monoisotopic (exact) mass is 352 g/mol. The third kappa shape index (κ3) is 5.41. The van der Waals surface area contributed by atoms with Crippen LogP contribution in [0.2, 0.25) is 0 Å². The molecular weight excluding hydrogens is 338 g/mol. The van der Waals surface area contributed by atoms with Crippen LogP contribution < -0.4 is 14.8 Å². The highest BCUT2D eigenvalue weighted by Crippen LogP contribution is 2.21. The predicted octanol–water partition coefficient (Wildman–Crippen LogP) is 4.05. The Bertz CT molecular complexity index is 752. The molecule has 2 aromatic carbocycles. The van der Waals surface area contributed by atoms with Gasteiger partial charge in [-0.05, 0) is 36.8 Å². The summed E-state index contributed by atoms with van der Waals surface area (Å²) in [6.07, 6.45) is -0.790. The van der Waals surface area contributed by atoms with E-state index < -0.39 is 23.7 Å². The number of hydrogen-bond donors (Lipinski definition) is 1. The molecule has 0 spiro atoms. The van der Waals surface area contributed by atoms with Crippen LogP contribution in [-0.4, -0.2) is 17.6 Å². The molecule has 0 aromatic heterocycles. The Balaban J connectivity index is 1.96. The second kappa shape index (κ2) is 8.04. The SMILES string of the molecule is C[C@H](NC(=O)Oc1ccc([N+](=O)[O-])cc1)c1cccc(OC(F)F)c1. The van der Waals surface area contributed by atoms with Gasteiger partial charge in [-0.2, -0.15) is 8.78 Å². The normalized spacial score (nSPS) is 11.7. The molecule has 7 nitrogen and oxygen atoms in total. The molecule has 132 valence electrons. The minimum Gasteiger partial charge on any atom is -0.435 e. The van der Waals surface area contributed by atoms with E-state index in [9.17, 15) is 23.7 Å². The van der Waals surface area contributed by atoms with E-state index in [1.165, 1.54) is 42.5 Å². The van der Waals surface area contributed by atoms with Gasteiger partial charge in [0, 0.05) is 12.1 Å². The van der Waals surface area contributed by atoms with Crippen LogP contribution in [0.15, 0.2) is 48.5 Å². The number of alkyl halides is 2. The molecule has 9 heteroatoms. The third-order valence-corrected chi connectivity index (χ3v) is 3.18. The van der Waals surface area contributed by atoms with E-state index in [1.807, 2.05) is 0 Å². The van der Waals surface area contributed by atoms with Gasteiger partial charge in [0.15, 0.2) is 0 Å². The van der Waals surface area contributed by atoms with Gasteiger partial charge in [-0.3, -0.25) is 10.1 Å². The van der Waals surface area contributed by atoms with Crippen molar-refractivity contribution in [2.45, 2.75) is 19.6 Å². The summed E-state index contributed by atoms with van der Waals surface area (Å²) >= 11 is 0. The standard InChI is InChI=1S/C16H14F2N2O5/c1-10(11-3-2-4-14(9-11)24-15(17)18)19-16(21)25-13-7-5-12(6-8-13)20(22)23/h2-10,15H,1H3,(H,19,21)/t10-/m0/s1. The lowest BCUT2D eigenvalue weighted by Crippen LogP contribution is -2.29. The molecule has 1 N–H and O–H groups in total. The molecule has 0 aliphatic carbocycles. The first-order chi connectivity index (χ1) is 11.8. The molecule has 0 fully saturated rings. The van der Waals surface area contributed by atoms with Gasteiger partial charge < -0.3 is 14.8 Å². The lowest BCUT2D eigenvalue weighted by Gasteiger charge is -2.15. The molecule has 25 heavy (non-hydrogen) atoms. The first-order valence-electron chi connectivity index (χ1n) is 7.12. The number of non-ortho nitro benzene ring substituents is 1. The molecule has 2 aromatic rings. The molecule has 0 saturated carbocycles. The molecule has 1 atom stereocenters. The summed E-state index contributed by atoms with van der Waals surface area (Å²) in [7, 11) is 0. The largest absolute Gasteiger partial charge is 0.435 e. The van der Waals surface area contributed by atoms with Crippen molar-refractivity contribution < 1.29 is 28.0 Å². The molecule has 0 saturated heterocycles. The van der Waals surface area contributed by atoms with Gasteiger partial charge in [-0.1, -0.05) is 12.1 Å². The number of nitrogens with zero attached hydrogens (tertiary/aromatic N) is 1. The van der Waals surface area contributed by atoms with Crippen molar-refractivity contribution in [1.29, 1.82) is 0 Å². The number of ether oxygens (including phenoxy) is 2. The highest BCUT2D eigenvalue weighted by atomic mass is 19.3.